The zero-order chi connectivity index (χ0) is 11.7. The van der Waals surface area contributed by atoms with Gasteiger partial charge in [-0.25, -0.2) is 0 Å². The Hall–Kier alpha value is -1.93. The van der Waals surface area contributed by atoms with Gasteiger partial charge < -0.3 is 5.11 Å². The minimum absolute atomic E-state index is 0.360. The highest BCUT2D eigenvalue weighted by Gasteiger charge is 2.14. The molecule has 0 saturated heterocycles. The Bertz CT molecular complexity index is 560. The molecule has 0 radical (unpaired) electrons. The maximum atomic E-state index is 9.86. The van der Waals surface area contributed by atoms with Crippen LogP contribution in [0.4, 0.5) is 0 Å². The minimum atomic E-state index is -0.360. The number of hydrogen-bond donors (Lipinski definition) is 1. The normalized spacial score (nSPS) is 17.8. The molecule has 2 heteroatoms. The molecule has 1 aromatic carbocycles. The number of pyridine rings is 1. The highest BCUT2D eigenvalue weighted by Crippen LogP contribution is 2.31. The van der Waals surface area contributed by atoms with Gasteiger partial charge in [0, 0.05) is 12.4 Å². The van der Waals surface area contributed by atoms with Crippen LogP contribution in [0.2, 0.25) is 0 Å². The number of aromatic nitrogens is 1. The molecule has 1 aliphatic rings. The number of aliphatic hydroxyl groups is 1. The summed E-state index contributed by atoms with van der Waals surface area (Å²) in [6.07, 6.45) is 8.03. The van der Waals surface area contributed by atoms with Crippen molar-refractivity contribution < 1.29 is 5.11 Å². The number of hydrogen-bond acceptors (Lipinski definition) is 2. The molecule has 0 fully saturated rings. The van der Waals surface area contributed by atoms with E-state index in [0.29, 0.717) is 6.42 Å². The van der Waals surface area contributed by atoms with Gasteiger partial charge in [0.2, 0.25) is 0 Å². The topological polar surface area (TPSA) is 33.1 Å². The van der Waals surface area contributed by atoms with Crippen LogP contribution in [0.3, 0.4) is 0 Å². The second-order valence-electron chi connectivity index (χ2n) is 4.23. The van der Waals surface area contributed by atoms with E-state index in [4.69, 9.17) is 0 Å². The lowest BCUT2D eigenvalue weighted by Crippen LogP contribution is -2.02. The molecule has 0 spiro atoms. The average Bonchev–Trinajstić information content (AvgIpc) is 2.40. The summed E-state index contributed by atoms with van der Waals surface area (Å²) in [7, 11) is 0. The standard InChI is InChI=1S/C15H13NO/c17-15-3-1-2-13-10-12(4-5-14(13)15)11-6-8-16-9-7-11/h1-2,4-10,15,17H,3H2. The molecule has 1 unspecified atom stereocenters. The van der Waals surface area contributed by atoms with E-state index >= 15 is 0 Å². The first-order chi connectivity index (χ1) is 8.34. The summed E-state index contributed by atoms with van der Waals surface area (Å²) in [6.45, 7) is 0. The van der Waals surface area contributed by atoms with Crippen molar-refractivity contribution in [3.05, 3.63) is 59.9 Å². The monoisotopic (exact) mass is 223 g/mol. The number of rotatable bonds is 1. The average molecular weight is 223 g/mol. The van der Waals surface area contributed by atoms with E-state index in [1.165, 1.54) is 0 Å². The molecule has 3 rings (SSSR count). The van der Waals surface area contributed by atoms with Gasteiger partial charge in [-0.3, -0.25) is 4.98 Å². The quantitative estimate of drug-likeness (QED) is 0.805. The first-order valence-electron chi connectivity index (χ1n) is 5.73. The zero-order valence-electron chi connectivity index (χ0n) is 9.38. The van der Waals surface area contributed by atoms with Crippen LogP contribution in [0.25, 0.3) is 17.2 Å². The van der Waals surface area contributed by atoms with Crippen LogP contribution < -0.4 is 0 Å². The highest BCUT2D eigenvalue weighted by atomic mass is 16.3. The molecule has 1 atom stereocenters. The maximum absolute atomic E-state index is 9.86. The van der Waals surface area contributed by atoms with Crippen molar-refractivity contribution in [1.82, 2.24) is 4.98 Å². The summed E-state index contributed by atoms with van der Waals surface area (Å²) in [6, 6.07) is 10.2. The van der Waals surface area contributed by atoms with E-state index in [9.17, 15) is 5.11 Å². The van der Waals surface area contributed by atoms with E-state index in [0.717, 1.165) is 22.3 Å². The van der Waals surface area contributed by atoms with Crippen molar-refractivity contribution >= 4 is 6.08 Å². The Balaban J connectivity index is 2.08. The molecule has 0 bridgehead atoms. The summed E-state index contributed by atoms with van der Waals surface area (Å²) in [5.41, 5.74) is 4.43. The molecule has 1 heterocycles. The van der Waals surface area contributed by atoms with Crippen molar-refractivity contribution in [2.45, 2.75) is 12.5 Å². The predicted octanol–water partition coefficient (Wildman–Crippen LogP) is 3.20. The van der Waals surface area contributed by atoms with Crippen molar-refractivity contribution in [3.63, 3.8) is 0 Å². The molecule has 1 aliphatic carbocycles. The highest BCUT2D eigenvalue weighted by molar-refractivity contribution is 5.69. The number of aliphatic hydroxyl groups excluding tert-OH is 1. The molecule has 84 valence electrons. The van der Waals surface area contributed by atoms with Crippen LogP contribution in [0.5, 0.6) is 0 Å². The fourth-order valence-electron chi connectivity index (χ4n) is 2.20. The summed E-state index contributed by atoms with van der Waals surface area (Å²) in [4.78, 5) is 4.02. The molecule has 2 nitrogen and oxygen atoms in total. The van der Waals surface area contributed by atoms with Crippen LogP contribution >= 0.6 is 0 Å². The third-order valence-corrected chi connectivity index (χ3v) is 3.12. The van der Waals surface area contributed by atoms with Gasteiger partial charge in [0.25, 0.3) is 0 Å². The molecule has 0 amide bonds. The molecule has 2 aromatic rings. The van der Waals surface area contributed by atoms with E-state index in [1.54, 1.807) is 12.4 Å². The lowest BCUT2D eigenvalue weighted by molar-refractivity contribution is 0.180. The summed E-state index contributed by atoms with van der Waals surface area (Å²) in [5.74, 6) is 0. The van der Waals surface area contributed by atoms with Crippen LogP contribution in [-0.4, -0.2) is 10.1 Å². The third kappa shape index (κ3) is 1.87. The largest absolute Gasteiger partial charge is 0.388 e. The van der Waals surface area contributed by atoms with Gasteiger partial charge in [0.05, 0.1) is 6.10 Å². The van der Waals surface area contributed by atoms with Crippen molar-refractivity contribution in [3.8, 4) is 11.1 Å². The second-order valence-corrected chi connectivity index (χ2v) is 4.23. The molecular weight excluding hydrogens is 210 g/mol. The van der Waals surface area contributed by atoms with Crippen LogP contribution in [0.1, 0.15) is 23.7 Å². The summed E-state index contributed by atoms with van der Waals surface area (Å²) < 4.78 is 0. The van der Waals surface area contributed by atoms with Crippen LogP contribution in [0.15, 0.2) is 48.8 Å². The van der Waals surface area contributed by atoms with Gasteiger partial charge in [-0.1, -0.05) is 24.3 Å². The van der Waals surface area contributed by atoms with Crippen molar-refractivity contribution in [2.75, 3.05) is 0 Å². The lowest BCUT2D eigenvalue weighted by Gasteiger charge is -2.17. The SMILES string of the molecule is OC1CC=Cc2cc(-c3ccncc3)ccc21. The fraction of sp³-hybridized carbons (Fsp3) is 0.133. The fourth-order valence-corrected chi connectivity index (χ4v) is 2.20. The molecule has 1 aromatic heterocycles. The van der Waals surface area contributed by atoms with Gasteiger partial charge in [-0.2, -0.15) is 0 Å². The smallest absolute Gasteiger partial charge is 0.0830 e. The summed E-state index contributed by atoms with van der Waals surface area (Å²) >= 11 is 0. The molecular formula is C15H13NO. The van der Waals surface area contributed by atoms with Gasteiger partial charge in [-0.05, 0) is 46.9 Å². The van der Waals surface area contributed by atoms with Crippen LogP contribution in [-0.2, 0) is 0 Å². The Kier molecular flexibility index (Phi) is 2.50. The Labute approximate surface area is 100 Å². The van der Waals surface area contributed by atoms with Gasteiger partial charge >= 0.3 is 0 Å². The Morgan fingerprint density at radius 3 is 2.71 bits per heavy atom. The third-order valence-electron chi connectivity index (χ3n) is 3.12. The Morgan fingerprint density at radius 2 is 1.88 bits per heavy atom. The summed E-state index contributed by atoms with van der Waals surface area (Å²) in [5, 5.41) is 9.86. The van der Waals surface area contributed by atoms with Crippen molar-refractivity contribution in [2.24, 2.45) is 0 Å². The van der Waals surface area contributed by atoms with E-state index in [1.807, 2.05) is 24.3 Å². The molecule has 0 saturated carbocycles. The minimum Gasteiger partial charge on any atom is -0.388 e. The first kappa shape index (κ1) is 10.2. The van der Waals surface area contributed by atoms with Crippen LogP contribution in [0, 0.1) is 0 Å². The Morgan fingerprint density at radius 1 is 1.06 bits per heavy atom. The van der Waals surface area contributed by atoms with Gasteiger partial charge in [0.1, 0.15) is 0 Å². The zero-order valence-corrected chi connectivity index (χ0v) is 9.38. The number of benzene rings is 1. The lowest BCUT2D eigenvalue weighted by atomic mass is 9.92. The van der Waals surface area contributed by atoms with E-state index in [-0.39, 0.29) is 6.10 Å². The molecule has 17 heavy (non-hydrogen) atoms. The van der Waals surface area contributed by atoms with Crippen molar-refractivity contribution in [1.29, 1.82) is 0 Å². The van der Waals surface area contributed by atoms with Gasteiger partial charge in [0.15, 0.2) is 0 Å². The van der Waals surface area contributed by atoms with Gasteiger partial charge in [-0.15, -0.1) is 0 Å². The number of nitrogens with zero attached hydrogens (tertiary/aromatic N) is 1. The van der Waals surface area contributed by atoms with E-state index in [2.05, 4.69) is 23.2 Å². The first-order valence-corrected chi connectivity index (χ1v) is 5.73. The molecule has 1 N–H and O–H groups in total. The second kappa shape index (κ2) is 4.15. The maximum Gasteiger partial charge on any atom is 0.0830 e. The predicted molar refractivity (Wildman–Crippen MR) is 68.3 cm³/mol. The number of fused-ring (bicyclic) bond motifs is 1. The van der Waals surface area contributed by atoms with E-state index < -0.39 is 0 Å². The molecule has 0 aliphatic heterocycles.